The lowest BCUT2D eigenvalue weighted by Gasteiger charge is -2.41. The number of carbonyl (C=O) groups excluding carboxylic acids is 1. The number of hydrogen-bond donors (Lipinski definition) is 6. The summed E-state index contributed by atoms with van der Waals surface area (Å²) in [4.78, 5) is 22.9. The number of aliphatic hydroxyl groups excluding tert-OH is 5. The first-order valence-corrected chi connectivity index (χ1v) is 20.5. The molecule has 1 rings (SSSR count). The molecular formula is C36H69O12P. The van der Waals surface area contributed by atoms with Gasteiger partial charge in [-0.3, -0.25) is 13.8 Å². The van der Waals surface area contributed by atoms with Crippen molar-refractivity contribution in [2.75, 3.05) is 19.8 Å². The maximum atomic E-state index is 12.7. The molecule has 6 N–H and O–H groups in total. The summed E-state index contributed by atoms with van der Waals surface area (Å²) < 4.78 is 33.9. The van der Waals surface area contributed by atoms with Gasteiger partial charge < -0.3 is 39.9 Å². The lowest BCUT2D eigenvalue weighted by atomic mass is 9.85. The first-order valence-electron chi connectivity index (χ1n) is 19.0. The molecule has 0 heterocycles. The molecule has 0 bridgehead atoms. The van der Waals surface area contributed by atoms with Crippen molar-refractivity contribution in [1.29, 1.82) is 0 Å². The van der Waals surface area contributed by atoms with E-state index in [1.807, 2.05) is 0 Å². The Morgan fingerprint density at radius 2 is 1.10 bits per heavy atom. The van der Waals surface area contributed by atoms with Crippen LogP contribution in [0.2, 0.25) is 0 Å². The fraction of sp³-hybridized carbons (Fsp3) is 0.917. The van der Waals surface area contributed by atoms with Crippen LogP contribution in [0.3, 0.4) is 0 Å². The van der Waals surface area contributed by atoms with Crippen LogP contribution in [-0.2, 0) is 27.9 Å². The molecule has 0 aliphatic heterocycles. The summed E-state index contributed by atoms with van der Waals surface area (Å²) in [5.41, 5.74) is 0. The summed E-state index contributed by atoms with van der Waals surface area (Å²) in [6.07, 6.45) is 14.4. The minimum absolute atomic E-state index is 0.0758. The van der Waals surface area contributed by atoms with Gasteiger partial charge in [0, 0.05) is 13.0 Å². The molecule has 6 atom stereocenters. The Bertz CT molecular complexity index is 874. The topological polar surface area (TPSA) is 192 Å². The van der Waals surface area contributed by atoms with Gasteiger partial charge in [0.15, 0.2) is 0 Å². The number of esters is 1. The number of phosphoric acid groups is 1. The molecule has 0 saturated heterocycles. The van der Waals surface area contributed by atoms with Gasteiger partial charge in [-0.25, -0.2) is 4.57 Å². The number of unbranched alkanes of at least 4 members (excludes halogenated alkanes) is 17. The van der Waals surface area contributed by atoms with E-state index in [1.165, 1.54) is 64.2 Å². The third-order valence-electron chi connectivity index (χ3n) is 8.89. The van der Waals surface area contributed by atoms with E-state index in [-0.39, 0.29) is 13.0 Å². The largest absolute Gasteiger partial charge is 0.472 e. The smallest absolute Gasteiger partial charge is 0.457 e. The fourth-order valence-corrected chi connectivity index (χ4v) is 6.72. The van der Waals surface area contributed by atoms with Crippen LogP contribution in [0.25, 0.3) is 0 Å². The predicted octanol–water partition coefficient (Wildman–Crippen LogP) is 6.02. The number of rotatable bonds is 31. The van der Waals surface area contributed by atoms with E-state index in [1.54, 1.807) is 0 Å². The third kappa shape index (κ3) is 21.9. The molecular weight excluding hydrogens is 655 g/mol. The summed E-state index contributed by atoms with van der Waals surface area (Å²) in [5, 5.41) is 49.9. The van der Waals surface area contributed by atoms with Crippen LogP contribution in [0.15, 0.2) is 12.2 Å². The second-order valence-electron chi connectivity index (χ2n) is 13.4. The van der Waals surface area contributed by atoms with Gasteiger partial charge in [0.1, 0.15) is 42.7 Å². The van der Waals surface area contributed by atoms with E-state index in [4.69, 9.17) is 18.5 Å². The van der Waals surface area contributed by atoms with Crippen molar-refractivity contribution < 1.29 is 58.3 Å². The number of hydrogen-bond acceptors (Lipinski definition) is 11. The molecule has 6 unspecified atom stereocenters. The van der Waals surface area contributed by atoms with Gasteiger partial charge in [-0.1, -0.05) is 122 Å². The van der Waals surface area contributed by atoms with Crippen LogP contribution in [0.5, 0.6) is 0 Å². The van der Waals surface area contributed by atoms with Crippen molar-refractivity contribution in [3.63, 3.8) is 0 Å². The fourth-order valence-electron chi connectivity index (χ4n) is 5.75. The molecule has 0 aromatic heterocycles. The Balaban J connectivity index is 2.50. The van der Waals surface area contributed by atoms with Gasteiger partial charge in [0.25, 0.3) is 0 Å². The monoisotopic (exact) mass is 724 g/mol. The molecule has 0 spiro atoms. The van der Waals surface area contributed by atoms with Crippen LogP contribution in [0, 0.1) is 0 Å². The summed E-state index contributed by atoms with van der Waals surface area (Å²) in [7, 11) is -5.00. The van der Waals surface area contributed by atoms with Crippen molar-refractivity contribution in [2.45, 2.75) is 191 Å². The zero-order valence-corrected chi connectivity index (χ0v) is 31.1. The standard InChI is InChI=1S/C36H69O12P/c1-3-5-7-9-11-13-15-17-19-21-23-25-30(37)47-29(27-45-26-24-22-20-18-16-14-12-10-8-6-4-2)28-46-49(43,44)48-36-34(41)32(39)31(38)33(40)35(36)42/h9,11,29,31-36,38-42H,3-8,10,12-28H2,1-2H3,(H,43,44)/b11-9-. The molecule has 13 heteroatoms. The highest BCUT2D eigenvalue weighted by molar-refractivity contribution is 7.47. The average Bonchev–Trinajstić information content (AvgIpc) is 3.08. The van der Waals surface area contributed by atoms with Gasteiger partial charge >= 0.3 is 13.8 Å². The van der Waals surface area contributed by atoms with Crippen LogP contribution in [0.4, 0.5) is 0 Å². The summed E-state index contributed by atoms with van der Waals surface area (Å²) >= 11 is 0. The first kappa shape index (κ1) is 46.1. The second kappa shape index (κ2) is 28.6. The molecule has 1 fully saturated rings. The molecule has 1 aliphatic carbocycles. The minimum Gasteiger partial charge on any atom is -0.457 e. The quantitative estimate of drug-likeness (QED) is 0.0211. The highest BCUT2D eigenvalue weighted by Crippen LogP contribution is 2.47. The van der Waals surface area contributed by atoms with Crippen molar-refractivity contribution in [1.82, 2.24) is 0 Å². The summed E-state index contributed by atoms with van der Waals surface area (Å²) in [5.74, 6) is -0.488. The number of ether oxygens (including phenoxy) is 2. The number of allylic oxidation sites excluding steroid dienone is 2. The molecule has 0 radical (unpaired) electrons. The van der Waals surface area contributed by atoms with Crippen molar-refractivity contribution in [3.8, 4) is 0 Å². The summed E-state index contributed by atoms with van der Waals surface area (Å²) in [6, 6.07) is 0. The zero-order chi connectivity index (χ0) is 36.3. The molecule has 1 saturated carbocycles. The Labute approximate surface area is 295 Å². The maximum Gasteiger partial charge on any atom is 0.472 e. The van der Waals surface area contributed by atoms with Gasteiger partial charge in [-0.2, -0.15) is 0 Å². The molecule has 290 valence electrons. The zero-order valence-electron chi connectivity index (χ0n) is 30.2. The van der Waals surface area contributed by atoms with Gasteiger partial charge in [0.05, 0.1) is 13.2 Å². The van der Waals surface area contributed by atoms with Crippen LogP contribution < -0.4 is 0 Å². The van der Waals surface area contributed by atoms with E-state index < -0.39 is 63.1 Å². The van der Waals surface area contributed by atoms with Crippen molar-refractivity contribution >= 4 is 13.8 Å². The number of carbonyl (C=O) groups is 1. The van der Waals surface area contributed by atoms with Gasteiger partial charge in [-0.15, -0.1) is 0 Å². The predicted molar refractivity (Wildman–Crippen MR) is 189 cm³/mol. The second-order valence-corrected chi connectivity index (χ2v) is 14.8. The Morgan fingerprint density at radius 1 is 0.633 bits per heavy atom. The Morgan fingerprint density at radius 3 is 1.67 bits per heavy atom. The van der Waals surface area contributed by atoms with Gasteiger partial charge in [0.2, 0.25) is 0 Å². The molecule has 12 nitrogen and oxygen atoms in total. The molecule has 49 heavy (non-hydrogen) atoms. The SMILES string of the molecule is CCCC/C=C\CCCCCCCC(=O)OC(COCCCCCCCCCCCCC)COP(=O)(O)OC1C(O)C(O)C(O)C(O)C1O. The van der Waals surface area contributed by atoms with Crippen LogP contribution in [0.1, 0.15) is 149 Å². The Kier molecular flexibility index (Phi) is 26.9. The molecule has 0 aromatic rings. The van der Waals surface area contributed by atoms with Crippen molar-refractivity contribution in [3.05, 3.63) is 12.2 Å². The Hall–Kier alpha value is -0.920. The highest BCUT2D eigenvalue weighted by Gasteiger charge is 2.51. The molecule has 0 aromatic carbocycles. The lowest BCUT2D eigenvalue weighted by Crippen LogP contribution is -2.64. The van der Waals surface area contributed by atoms with E-state index in [0.717, 1.165) is 57.8 Å². The highest BCUT2D eigenvalue weighted by atomic mass is 31.2. The minimum atomic E-state index is -5.00. The molecule has 1 aliphatic rings. The molecule has 0 amide bonds. The van der Waals surface area contributed by atoms with Gasteiger partial charge in [-0.05, 0) is 32.1 Å². The van der Waals surface area contributed by atoms with Crippen LogP contribution >= 0.6 is 7.82 Å². The number of aliphatic hydroxyl groups is 5. The van der Waals surface area contributed by atoms with Crippen molar-refractivity contribution in [2.24, 2.45) is 0 Å². The maximum absolute atomic E-state index is 12.7. The van der Waals surface area contributed by atoms with E-state index >= 15 is 0 Å². The lowest BCUT2D eigenvalue weighted by molar-refractivity contribution is -0.220. The van der Waals surface area contributed by atoms with E-state index in [2.05, 4.69) is 26.0 Å². The average molecular weight is 725 g/mol. The van der Waals surface area contributed by atoms with E-state index in [9.17, 15) is 39.8 Å². The normalized spacial score (nSPS) is 24.7. The van der Waals surface area contributed by atoms with E-state index in [0.29, 0.717) is 13.0 Å². The number of phosphoric ester groups is 1. The first-order chi connectivity index (χ1) is 23.5. The van der Waals surface area contributed by atoms with Crippen LogP contribution in [-0.4, -0.2) is 98.9 Å². The third-order valence-corrected chi connectivity index (χ3v) is 9.87. The summed E-state index contributed by atoms with van der Waals surface area (Å²) in [6.45, 7) is 4.17.